The lowest BCUT2D eigenvalue weighted by atomic mass is 10.3. The summed E-state index contributed by atoms with van der Waals surface area (Å²) >= 11 is 1.61. The van der Waals surface area contributed by atoms with Gasteiger partial charge in [-0.3, -0.25) is 10.0 Å². The van der Waals surface area contributed by atoms with Crippen LogP contribution in [0.15, 0.2) is 30.9 Å². The maximum atomic E-state index is 11.5. The maximum absolute atomic E-state index is 11.5. The average Bonchev–Trinajstić information content (AvgIpc) is 3.31. The highest BCUT2D eigenvalue weighted by atomic mass is 32.1. The van der Waals surface area contributed by atoms with Crippen molar-refractivity contribution in [3.63, 3.8) is 0 Å². The van der Waals surface area contributed by atoms with Gasteiger partial charge in [0.2, 0.25) is 11.9 Å². The Bertz CT molecular complexity index is 1340. The third-order valence-corrected chi connectivity index (χ3v) is 6.49. The van der Waals surface area contributed by atoms with Crippen LogP contribution in [0.1, 0.15) is 15.2 Å². The fourth-order valence-electron chi connectivity index (χ4n) is 3.62. The van der Waals surface area contributed by atoms with Crippen LogP contribution in [0.3, 0.4) is 0 Å². The second-order valence-corrected chi connectivity index (χ2v) is 8.93. The SMILES string of the molecule is CN(Cc1cc2nc(-c3cnc(N)nc3)nc(N3CCOCC3)c2s1)c1ncc(C(=O)NO)cn1. The fourth-order valence-corrected chi connectivity index (χ4v) is 4.79. The maximum Gasteiger partial charge on any atom is 0.277 e. The minimum Gasteiger partial charge on any atom is -0.378 e. The second kappa shape index (κ2) is 9.69. The molecule has 0 radical (unpaired) electrons. The van der Waals surface area contributed by atoms with E-state index in [9.17, 15) is 4.79 Å². The summed E-state index contributed by atoms with van der Waals surface area (Å²) in [4.78, 5) is 42.8. The first-order valence-corrected chi connectivity index (χ1v) is 11.5. The molecule has 5 heterocycles. The Kier molecular flexibility index (Phi) is 6.31. The number of morpholine rings is 1. The lowest BCUT2D eigenvalue weighted by Crippen LogP contribution is -2.36. The van der Waals surface area contributed by atoms with E-state index < -0.39 is 5.91 Å². The number of nitrogen functional groups attached to an aromatic ring is 1. The molecule has 1 aliphatic rings. The van der Waals surface area contributed by atoms with Crippen molar-refractivity contribution in [1.82, 2.24) is 35.4 Å². The zero-order valence-electron chi connectivity index (χ0n) is 18.7. The third kappa shape index (κ3) is 4.80. The Morgan fingerprint density at radius 2 is 1.89 bits per heavy atom. The molecule has 1 amide bonds. The number of nitrogens with two attached hydrogens (primary N) is 1. The molecule has 5 rings (SSSR count). The van der Waals surface area contributed by atoms with Gasteiger partial charge < -0.3 is 20.3 Å². The molecule has 0 bridgehead atoms. The molecule has 0 saturated carbocycles. The molecule has 13 nitrogen and oxygen atoms in total. The topological polar surface area (TPSA) is 168 Å². The van der Waals surface area contributed by atoms with Gasteiger partial charge in [0.05, 0.1) is 41.1 Å². The Labute approximate surface area is 203 Å². The van der Waals surface area contributed by atoms with Crippen molar-refractivity contribution in [2.45, 2.75) is 6.54 Å². The van der Waals surface area contributed by atoms with Gasteiger partial charge in [-0.1, -0.05) is 0 Å². The summed E-state index contributed by atoms with van der Waals surface area (Å²) in [5.74, 6) is 1.34. The largest absolute Gasteiger partial charge is 0.378 e. The zero-order valence-corrected chi connectivity index (χ0v) is 19.6. The van der Waals surface area contributed by atoms with Crippen molar-refractivity contribution < 1.29 is 14.7 Å². The highest BCUT2D eigenvalue weighted by molar-refractivity contribution is 7.19. The number of hydrogen-bond acceptors (Lipinski definition) is 13. The van der Waals surface area contributed by atoms with Crippen molar-refractivity contribution in [1.29, 1.82) is 0 Å². The first kappa shape index (κ1) is 22.8. The molecule has 0 atom stereocenters. The Morgan fingerprint density at radius 1 is 1.17 bits per heavy atom. The predicted octanol–water partition coefficient (Wildman–Crippen LogP) is 1.11. The summed E-state index contributed by atoms with van der Waals surface area (Å²) in [5, 5.41) is 8.75. The van der Waals surface area contributed by atoms with Crippen LogP contribution in [0.5, 0.6) is 0 Å². The fraction of sp³-hybridized carbons (Fsp3) is 0.286. The number of carbonyl (C=O) groups excluding carboxylic acids is 1. The first-order chi connectivity index (χ1) is 17.0. The molecular weight excluding hydrogens is 472 g/mol. The molecule has 1 aliphatic heterocycles. The molecule has 1 saturated heterocycles. The van der Waals surface area contributed by atoms with Crippen molar-refractivity contribution in [2.75, 3.05) is 48.9 Å². The quantitative estimate of drug-likeness (QED) is 0.258. The highest BCUT2D eigenvalue weighted by Crippen LogP contribution is 2.35. The minimum absolute atomic E-state index is 0.163. The van der Waals surface area contributed by atoms with E-state index in [0.717, 1.165) is 34.0 Å². The summed E-state index contributed by atoms with van der Waals surface area (Å²) in [5.41, 5.74) is 8.87. The molecule has 0 spiro atoms. The molecule has 0 unspecified atom stereocenters. The Hall–Kier alpha value is -4.01. The average molecular weight is 495 g/mol. The monoisotopic (exact) mass is 494 g/mol. The van der Waals surface area contributed by atoms with Gasteiger partial charge in [0.25, 0.3) is 5.91 Å². The van der Waals surface area contributed by atoms with Crippen molar-refractivity contribution in [2.24, 2.45) is 0 Å². The van der Waals surface area contributed by atoms with E-state index in [1.807, 2.05) is 18.0 Å². The van der Waals surface area contributed by atoms with Gasteiger partial charge in [-0.2, -0.15) is 0 Å². The van der Waals surface area contributed by atoms with Gasteiger partial charge >= 0.3 is 0 Å². The van der Waals surface area contributed by atoms with Crippen LogP contribution < -0.4 is 21.0 Å². The number of fused-ring (bicyclic) bond motifs is 1. The lowest BCUT2D eigenvalue weighted by molar-refractivity contribution is 0.0705. The number of nitrogens with one attached hydrogen (secondary N) is 1. The van der Waals surface area contributed by atoms with Crippen molar-refractivity contribution in [3.05, 3.63) is 41.3 Å². The number of hydrogen-bond donors (Lipinski definition) is 3. The van der Waals surface area contributed by atoms with Crippen LogP contribution in [0.25, 0.3) is 21.6 Å². The van der Waals surface area contributed by atoms with Gasteiger partial charge in [0, 0.05) is 49.8 Å². The van der Waals surface area contributed by atoms with E-state index in [4.69, 9.17) is 25.6 Å². The Balaban J connectivity index is 1.47. The summed E-state index contributed by atoms with van der Waals surface area (Å²) in [6.45, 7) is 3.26. The molecule has 1 fully saturated rings. The van der Waals surface area contributed by atoms with Crippen LogP contribution in [0.4, 0.5) is 17.7 Å². The van der Waals surface area contributed by atoms with Gasteiger partial charge in [-0.05, 0) is 6.07 Å². The lowest BCUT2D eigenvalue weighted by Gasteiger charge is -2.28. The van der Waals surface area contributed by atoms with E-state index >= 15 is 0 Å². The number of rotatable bonds is 6. The van der Waals surface area contributed by atoms with E-state index in [1.165, 1.54) is 12.4 Å². The van der Waals surface area contributed by atoms with E-state index in [-0.39, 0.29) is 11.5 Å². The Morgan fingerprint density at radius 3 is 2.57 bits per heavy atom. The van der Waals surface area contributed by atoms with Crippen LogP contribution in [-0.4, -0.2) is 74.4 Å². The van der Waals surface area contributed by atoms with E-state index in [0.29, 0.717) is 37.1 Å². The molecule has 35 heavy (non-hydrogen) atoms. The first-order valence-electron chi connectivity index (χ1n) is 10.7. The van der Waals surface area contributed by atoms with Crippen LogP contribution in [-0.2, 0) is 11.3 Å². The molecular formula is C21H22N10O3S. The summed E-state index contributed by atoms with van der Waals surface area (Å²) < 4.78 is 6.50. The molecule has 180 valence electrons. The molecule has 0 aliphatic carbocycles. The van der Waals surface area contributed by atoms with Crippen LogP contribution in [0.2, 0.25) is 0 Å². The van der Waals surface area contributed by atoms with Crippen LogP contribution in [0, 0.1) is 0 Å². The van der Waals surface area contributed by atoms with Crippen LogP contribution >= 0.6 is 11.3 Å². The molecule has 4 aromatic heterocycles. The van der Waals surface area contributed by atoms with Gasteiger partial charge in [0.15, 0.2) is 11.6 Å². The third-order valence-electron chi connectivity index (χ3n) is 5.38. The van der Waals surface area contributed by atoms with E-state index in [1.54, 1.807) is 29.2 Å². The van der Waals surface area contributed by atoms with Gasteiger partial charge in [-0.25, -0.2) is 35.4 Å². The van der Waals surface area contributed by atoms with Crippen molar-refractivity contribution in [3.8, 4) is 11.4 Å². The smallest absolute Gasteiger partial charge is 0.277 e. The van der Waals surface area contributed by atoms with E-state index in [2.05, 4.69) is 24.8 Å². The number of aromatic nitrogens is 6. The normalized spacial score (nSPS) is 13.7. The highest BCUT2D eigenvalue weighted by Gasteiger charge is 2.21. The summed E-state index contributed by atoms with van der Waals surface area (Å²) in [7, 11) is 1.86. The molecule has 4 aromatic rings. The number of nitrogens with zero attached hydrogens (tertiary/aromatic N) is 8. The number of ether oxygens (including phenoxy) is 1. The summed E-state index contributed by atoms with van der Waals surface area (Å²) in [6, 6.07) is 2.03. The number of anilines is 3. The second-order valence-electron chi connectivity index (χ2n) is 7.80. The molecule has 4 N–H and O–H groups in total. The molecule has 0 aromatic carbocycles. The van der Waals surface area contributed by atoms with Gasteiger partial charge in [0.1, 0.15) is 0 Å². The number of thiophene rings is 1. The van der Waals surface area contributed by atoms with Crippen molar-refractivity contribution >= 4 is 45.2 Å². The molecule has 14 heteroatoms. The zero-order chi connectivity index (χ0) is 24.4. The number of carbonyl (C=O) groups is 1. The number of hydroxylamine groups is 1. The standard InChI is InChI=1S/C21H22N10O3S/c1-30(21-25-9-13(10-26-21)19(32)29-33)11-14-6-15-16(35-14)18(31-2-4-34-5-3-31)28-17(27-15)12-7-23-20(22)24-8-12/h6-10,33H,2-5,11H2,1H3,(H,29,32)(H2,22,23,24). The number of amides is 1. The van der Waals surface area contributed by atoms with Gasteiger partial charge in [-0.15, -0.1) is 11.3 Å². The summed E-state index contributed by atoms with van der Waals surface area (Å²) in [6.07, 6.45) is 5.95. The minimum atomic E-state index is -0.666. The predicted molar refractivity (Wildman–Crippen MR) is 129 cm³/mol.